The second-order valence-corrected chi connectivity index (χ2v) is 11.3. The van der Waals surface area contributed by atoms with E-state index in [1.807, 2.05) is 58.7 Å². The maximum Gasteiger partial charge on any atom is 0.253 e. The highest BCUT2D eigenvalue weighted by Gasteiger charge is 2.27. The number of amides is 1. The summed E-state index contributed by atoms with van der Waals surface area (Å²) in [6.07, 6.45) is 8.02. The number of aryl methyl sites for hydroxylation is 3. The number of carbonyl (C=O) groups excluding carboxylic acids is 1. The van der Waals surface area contributed by atoms with Gasteiger partial charge in [-0.25, -0.2) is 9.97 Å². The molecule has 0 spiro atoms. The third-order valence-corrected chi connectivity index (χ3v) is 8.89. The molecule has 2 aromatic carbocycles. The van der Waals surface area contributed by atoms with Crippen LogP contribution in [0.1, 0.15) is 59.2 Å². The number of anilines is 1. The van der Waals surface area contributed by atoms with Crippen molar-refractivity contribution < 1.29 is 4.79 Å². The number of piperazine rings is 1. The van der Waals surface area contributed by atoms with E-state index < -0.39 is 0 Å². The van der Waals surface area contributed by atoms with Crippen molar-refractivity contribution in [3.63, 3.8) is 0 Å². The zero-order valence-electron chi connectivity index (χ0n) is 21.6. The van der Waals surface area contributed by atoms with Gasteiger partial charge in [0.1, 0.15) is 16.5 Å². The predicted molar refractivity (Wildman–Crippen MR) is 153 cm³/mol. The van der Waals surface area contributed by atoms with Crippen LogP contribution in [0.25, 0.3) is 21.3 Å². The molecule has 1 aliphatic heterocycles. The normalized spacial score (nSPS) is 15.7. The lowest BCUT2D eigenvalue weighted by Gasteiger charge is -2.36. The molecule has 3 heterocycles. The first-order valence-electron chi connectivity index (χ1n) is 13.7. The fraction of sp³-hybridized carbons (Fsp3) is 0.387. The number of unbranched alkanes of at least 4 members (excludes halogenated alkanes) is 1. The molecular weight excluding hydrogens is 476 g/mol. The molecule has 0 atom stereocenters. The summed E-state index contributed by atoms with van der Waals surface area (Å²) in [5, 5.41) is 1.29. The van der Waals surface area contributed by atoms with Crippen molar-refractivity contribution in [3.8, 4) is 11.1 Å². The van der Waals surface area contributed by atoms with Crippen LogP contribution in [0.4, 0.5) is 5.82 Å². The molecule has 0 bridgehead atoms. The molecule has 37 heavy (non-hydrogen) atoms. The van der Waals surface area contributed by atoms with E-state index in [2.05, 4.69) is 24.0 Å². The summed E-state index contributed by atoms with van der Waals surface area (Å²) < 4.78 is 0. The fourth-order valence-corrected chi connectivity index (χ4v) is 6.87. The summed E-state index contributed by atoms with van der Waals surface area (Å²) in [6.45, 7) is 5.24. The van der Waals surface area contributed by atoms with Crippen LogP contribution in [-0.4, -0.2) is 47.0 Å². The standard InChI is InChI=1S/C31H34N4OS/c1-2-3-13-27-32-29(28-25-11-7-8-12-26(25)37-30(28)33-27)34-18-20-35(21-19-34)31(36)24-16-14-23(15-17-24)22-9-5-4-6-10-22/h4-6,9-10,14-17H,2-3,7-8,11-13,18-21H2,1H3. The Labute approximate surface area is 223 Å². The molecule has 2 aromatic heterocycles. The minimum atomic E-state index is 0.114. The molecule has 0 radical (unpaired) electrons. The first kappa shape index (κ1) is 24.1. The minimum absolute atomic E-state index is 0.114. The predicted octanol–water partition coefficient (Wildman–Crippen LogP) is 6.54. The lowest BCUT2D eigenvalue weighted by molar-refractivity contribution is 0.0746. The summed E-state index contributed by atoms with van der Waals surface area (Å²) in [5.41, 5.74) is 4.54. The van der Waals surface area contributed by atoms with Gasteiger partial charge in [-0.2, -0.15) is 0 Å². The van der Waals surface area contributed by atoms with Crippen LogP contribution < -0.4 is 4.90 Å². The topological polar surface area (TPSA) is 49.3 Å². The van der Waals surface area contributed by atoms with Crippen molar-refractivity contribution >= 4 is 33.3 Å². The highest BCUT2D eigenvalue weighted by Crippen LogP contribution is 2.40. The maximum absolute atomic E-state index is 13.3. The number of carbonyl (C=O) groups is 1. The molecule has 1 aliphatic carbocycles. The lowest BCUT2D eigenvalue weighted by atomic mass is 9.96. The van der Waals surface area contributed by atoms with Gasteiger partial charge in [0.15, 0.2) is 0 Å². The molecule has 5 nitrogen and oxygen atoms in total. The van der Waals surface area contributed by atoms with Crippen LogP contribution >= 0.6 is 11.3 Å². The number of aromatic nitrogens is 2. The second kappa shape index (κ2) is 10.6. The van der Waals surface area contributed by atoms with E-state index in [0.29, 0.717) is 13.1 Å². The van der Waals surface area contributed by atoms with Crippen molar-refractivity contribution in [2.45, 2.75) is 51.9 Å². The summed E-state index contributed by atoms with van der Waals surface area (Å²) in [6, 6.07) is 18.3. The summed E-state index contributed by atoms with van der Waals surface area (Å²) in [5.74, 6) is 2.19. The Morgan fingerprint density at radius 2 is 1.62 bits per heavy atom. The zero-order valence-corrected chi connectivity index (χ0v) is 22.4. The summed E-state index contributed by atoms with van der Waals surface area (Å²) in [7, 11) is 0. The van der Waals surface area contributed by atoms with Crippen molar-refractivity contribution in [3.05, 3.63) is 76.4 Å². The fourth-order valence-electron chi connectivity index (χ4n) is 5.60. The molecule has 1 fully saturated rings. The highest BCUT2D eigenvalue weighted by molar-refractivity contribution is 7.19. The Balaban J connectivity index is 1.20. The first-order valence-corrected chi connectivity index (χ1v) is 14.5. The molecule has 6 rings (SSSR count). The van der Waals surface area contributed by atoms with E-state index in [1.54, 1.807) is 0 Å². The van der Waals surface area contributed by atoms with Gasteiger partial charge in [-0.15, -0.1) is 11.3 Å². The number of nitrogens with zero attached hydrogens (tertiary/aromatic N) is 4. The third kappa shape index (κ3) is 4.87. The van der Waals surface area contributed by atoms with E-state index in [9.17, 15) is 4.79 Å². The van der Waals surface area contributed by atoms with Crippen LogP contribution in [0.15, 0.2) is 54.6 Å². The van der Waals surface area contributed by atoms with Crippen LogP contribution in [0.5, 0.6) is 0 Å². The molecule has 190 valence electrons. The van der Waals surface area contributed by atoms with Crippen LogP contribution in [0.2, 0.25) is 0 Å². The van der Waals surface area contributed by atoms with Gasteiger partial charge in [0.2, 0.25) is 0 Å². The average Bonchev–Trinajstić information content (AvgIpc) is 3.34. The zero-order chi connectivity index (χ0) is 25.2. The Kier molecular flexibility index (Phi) is 6.92. The quantitative estimate of drug-likeness (QED) is 0.295. The highest BCUT2D eigenvalue weighted by atomic mass is 32.1. The van der Waals surface area contributed by atoms with E-state index in [1.165, 1.54) is 45.5 Å². The van der Waals surface area contributed by atoms with E-state index in [0.717, 1.165) is 61.5 Å². The van der Waals surface area contributed by atoms with Crippen molar-refractivity contribution in [2.75, 3.05) is 31.1 Å². The van der Waals surface area contributed by atoms with Crippen LogP contribution in [-0.2, 0) is 19.3 Å². The van der Waals surface area contributed by atoms with Gasteiger partial charge in [0.25, 0.3) is 5.91 Å². The first-order chi connectivity index (χ1) is 18.2. The van der Waals surface area contributed by atoms with Crippen molar-refractivity contribution in [2.24, 2.45) is 0 Å². The van der Waals surface area contributed by atoms with Crippen LogP contribution in [0.3, 0.4) is 0 Å². The Morgan fingerprint density at radius 1 is 0.892 bits per heavy atom. The molecule has 0 unspecified atom stereocenters. The Bertz CT molecular complexity index is 1390. The van der Waals surface area contributed by atoms with Gasteiger partial charge in [-0.1, -0.05) is 55.8 Å². The average molecular weight is 511 g/mol. The Hall–Kier alpha value is -3.25. The van der Waals surface area contributed by atoms with E-state index >= 15 is 0 Å². The number of thiophene rings is 1. The molecule has 1 saturated heterocycles. The number of rotatable bonds is 6. The van der Waals surface area contributed by atoms with Gasteiger partial charge in [-0.3, -0.25) is 4.79 Å². The van der Waals surface area contributed by atoms with Gasteiger partial charge in [-0.05, 0) is 60.9 Å². The van der Waals surface area contributed by atoms with Gasteiger partial charge in [0, 0.05) is 43.0 Å². The minimum Gasteiger partial charge on any atom is -0.352 e. The molecule has 0 saturated carbocycles. The van der Waals surface area contributed by atoms with Gasteiger partial charge >= 0.3 is 0 Å². The van der Waals surface area contributed by atoms with E-state index in [-0.39, 0.29) is 5.91 Å². The second-order valence-electron chi connectivity index (χ2n) is 10.2. The number of benzene rings is 2. The molecule has 6 heteroatoms. The summed E-state index contributed by atoms with van der Waals surface area (Å²) >= 11 is 1.89. The monoisotopic (exact) mass is 510 g/mol. The third-order valence-electron chi connectivity index (χ3n) is 7.70. The number of hydrogen-bond acceptors (Lipinski definition) is 5. The summed E-state index contributed by atoms with van der Waals surface area (Å²) in [4.78, 5) is 30.5. The molecule has 4 aromatic rings. The molecular formula is C31H34N4OS. The van der Waals surface area contributed by atoms with Crippen molar-refractivity contribution in [1.82, 2.24) is 14.9 Å². The van der Waals surface area contributed by atoms with Crippen LogP contribution in [0, 0.1) is 0 Å². The molecule has 2 aliphatic rings. The van der Waals surface area contributed by atoms with E-state index in [4.69, 9.17) is 9.97 Å². The maximum atomic E-state index is 13.3. The lowest BCUT2D eigenvalue weighted by Crippen LogP contribution is -2.49. The number of fused-ring (bicyclic) bond motifs is 3. The smallest absolute Gasteiger partial charge is 0.253 e. The van der Waals surface area contributed by atoms with Gasteiger partial charge in [0.05, 0.1) is 5.39 Å². The Morgan fingerprint density at radius 3 is 2.38 bits per heavy atom. The molecule has 1 amide bonds. The SMILES string of the molecule is CCCCc1nc(N2CCN(C(=O)c3ccc(-c4ccccc4)cc3)CC2)c2c3c(sc2n1)CCCC3. The largest absolute Gasteiger partial charge is 0.352 e. The van der Waals surface area contributed by atoms with Gasteiger partial charge < -0.3 is 9.80 Å². The number of hydrogen-bond donors (Lipinski definition) is 0. The molecule has 0 N–H and O–H groups in total. The van der Waals surface area contributed by atoms with Crippen molar-refractivity contribution in [1.29, 1.82) is 0 Å².